The van der Waals surface area contributed by atoms with E-state index in [0.29, 0.717) is 19.5 Å². The molecule has 120 valence electrons. The van der Waals surface area contributed by atoms with Crippen molar-refractivity contribution in [1.82, 2.24) is 10.6 Å². The molecule has 2 amide bonds. The molecule has 2 atom stereocenters. The molecule has 2 N–H and O–H groups in total. The van der Waals surface area contributed by atoms with Gasteiger partial charge in [-0.15, -0.1) is 0 Å². The van der Waals surface area contributed by atoms with Crippen LogP contribution < -0.4 is 15.4 Å². The standard InChI is InChI=1S/C17H24N2O3/c1-3-8-18-16(20)14-11-15(14)17(21)19-9-7-12-5-4-6-13(10-12)22-2/h4-6,10,14-15H,3,7-9,11H2,1-2H3,(H,18,20)(H,19,21). The second kappa shape index (κ2) is 7.82. The topological polar surface area (TPSA) is 67.4 Å². The normalized spacial score (nSPS) is 19.4. The van der Waals surface area contributed by atoms with Crippen molar-refractivity contribution < 1.29 is 14.3 Å². The third kappa shape index (κ3) is 4.48. The number of hydrogen-bond acceptors (Lipinski definition) is 3. The number of amides is 2. The molecule has 0 heterocycles. The average Bonchev–Trinajstić information content (AvgIpc) is 3.33. The Hall–Kier alpha value is -2.04. The van der Waals surface area contributed by atoms with Gasteiger partial charge in [-0.3, -0.25) is 9.59 Å². The van der Waals surface area contributed by atoms with E-state index in [1.165, 1.54) is 0 Å². The largest absolute Gasteiger partial charge is 0.497 e. The zero-order valence-electron chi connectivity index (χ0n) is 13.2. The fraction of sp³-hybridized carbons (Fsp3) is 0.529. The summed E-state index contributed by atoms with van der Waals surface area (Å²) in [6.45, 7) is 3.27. The van der Waals surface area contributed by atoms with Crippen molar-refractivity contribution in [2.75, 3.05) is 20.2 Å². The van der Waals surface area contributed by atoms with E-state index in [0.717, 1.165) is 24.2 Å². The van der Waals surface area contributed by atoms with Crippen molar-refractivity contribution in [3.05, 3.63) is 29.8 Å². The van der Waals surface area contributed by atoms with E-state index in [-0.39, 0.29) is 23.7 Å². The first-order valence-corrected chi connectivity index (χ1v) is 7.84. The lowest BCUT2D eigenvalue weighted by molar-refractivity contribution is -0.127. The van der Waals surface area contributed by atoms with Gasteiger partial charge in [0.15, 0.2) is 0 Å². The van der Waals surface area contributed by atoms with E-state index in [1.54, 1.807) is 7.11 Å². The molecule has 0 radical (unpaired) electrons. The van der Waals surface area contributed by atoms with Gasteiger partial charge < -0.3 is 15.4 Å². The highest BCUT2D eigenvalue weighted by atomic mass is 16.5. The van der Waals surface area contributed by atoms with Gasteiger partial charge in [0.05, 0.1) is 18.9 Å². The van der Waals surface area contributed by atoms with Crippen molar-refractivity contribution in [3.8, 4) is 5.75 Å². The van der Waals surface area contributed by atoms with Crippen LogP contribution in [0.15, 0.2) is 24.3 Å². The molecule has 1 aliphatic rings. The highest BCUT2D eigenvalue weighted by Crippen LogP contribution is 2.38. The zero-order valence-corrected chi connectivity index (χ0v) is 13.2. The molecule has 0 saturated heterocycles. The maximum absolute atomic E-state index is 12.0. The molecule has 1 aromatic carbocycles. The van der Waals surface area contributed by atoms with Crippen LogP contribution in [0.25, 0.3) is 0 Å². The quantitative estimate of drug-likeness (QED) is 0.765. The molecule has 5 heteroatoms. The number of carbonyl (C=O) groups excluding carboxylic acids is 2. The van der Waals surface area contributed by atoms with E-state index in [9.17, 15) is 9.59 Å². The Morgan fingerprint density at radius 3 is 2.50 bits per heavy atom. The van der Waals surface area contributed by atoms with Gasteiger partial charge in [0.1, 0.15) is 5.75 Å². The molecule has 1 aliphatic carbocycles. The Labute approximate surface area is 131 Å². The van der Waals surface area contributed by atoms with Crippen molar-refractivity contribution in [2.45, 2.75) is 26.2 Å². The molecule has 1 aromatic rings. The molecule has 1 saturated carbocycles. The number of benzene rings is 1. The van der Waals surface area contributed by atoms with Crippen molar-refractivity contribution in [1.29, 1.82) is 0 Å². The molecule has 2 unspecified atom stereocenters. The number of hydrogen-bond donors (Lipinski definition) is 2. The molecule has 1 fully saturated rings. The smallest absolute Gasteiger partial charge is 0.223 e. The van der Waals surface area contributed by atoms with E-state index < -0.39 is 0 Å². The van der Waals surface area contributed by atoms with E-state index >= 15 is 0 Å². The lowest BCUT2D eigenvalue weighted by Crippen LogP contribution is -2.31. The van der Waals surface area contributed by atoms with Crippen LogP contribution in [-0.4, -0.2) is 32.0 Å². The summed E-state index contributed by atoms with van der Waals surface area (Å²) in [7, 11) is 1.64. The molecule has 0 spiro atoms. The molecule has 0 bridgehead atoms. The highest BCUT2D eigenvalue weighted by molar-refractivity contribution is 5.92. The van der Waals surface area contributed by atoms with Crippen LogP contribution in [0.2, 0.25) is 0 Å². The van der Waals surface area contributed by atoms with Gasteiger partial charge in [0, 0.05) is 13.1 Å². The summed E-state index contributed by atoms with van der Waals surface area (Å²) in [5.74, 6) is 0.526. The third-order valence-electron chi connectivity index (χ3n) is 3.86. The monoisotopic (exact) mass is 304 g/mol. The number of carbonyl (C=O) groups is 2. The molecule has 0 aromatic heterocycles. The van der Waals surface area contributed by atoms with Crippen LogP contribution in [-0.2, 0) is 16.0 Å². The molecular weight excluding hydrogens is 280 g/mol. The predicted octanol–water partition coefficient (Wildman–Crippen LogP) is 1.52. The van der Waals surface area contributed by atoms with Crippen molar-refractivity contribution >= 4 is 11.8 Å². The van der Waals surface area contributed by atoms with E-state index in [2.05, 4.69) is 10.6 Å². The van der Waals surface area contributed by atoms with Gasteiger partial charge in [-0.05, 0) is 37.0 Å². The number of rotatable bonds is 8. The SMILES string of the molecule is CCCNC(=O)C1CC1C(=O)NCCc1cccc(OC)c1. The molecular formula is C17H24N2O3. The Morgan fingerprint density at radius 1 is 1.18 bits per heavy atom. The Morgan fingerprint density at radius 2 is 1.86 bits per heavy atom. The van der Waals surface area contributed by atoms with Crippen LogP contribution in [0.1, 0.15) is 25.3 Å². The van der Waals surface area contributed by atoms with Crippen LogP contribution in [0.3, 0.4) is 0 Å². The van der Waals surface area contributed by atoms with Crippen LogP contribution in [0, 0.1) is 11.8 Å². The summed E-state index contributed by atoms with van der Waals surface area (Å²) < 4.78 is 5.17. The summed E-state index contributed by atoms with van der Waals surface area (Å²) >= 11 is 0. The lowest BCUT2D eigenvalue weighted by atomic mass is 10.1. The third-order valence-corrected chi connectivity index (χ3v) is 3.86. The molecule has 22 heavy (non-hydrogen) atoms. The van der Waals surface area contributed by atoms with Crippen LogP contribution >= 0.6 is 0 Å². The summed E-state index contributed by atoms with van der Waals surface area (Å²) in [6.07, 6.45) is 2.33. The summed E-state index contributed by atoms with van der Waals surface area (Å²) in [6, 6.07) is 7.80. The summed E-state index contributed by atoms with van der Waals surface area (Å²) in [4.78, 5) is 23.7. The van der Waals surface area contributed by atoms with Crippen molar-refractivity contribution in [2.24, 2.45) is 11.8 Å². The van der Waals surface area contributed by atoms with E-state index in [4.69, 9.17) is 4.74 Å². The Kier molecular flexibility index (Phi) is 5.81. The Bertz CT molecular complexity index is 530. The summed E-state index contributed by atoms with van der Waals surface area (Å²) in [5.41, 5.74) is 1.12. The molecule has 2 rings (SSSR count). The fourth-order valence-corrected chi connectivity index (χ4v) is 2.44. The number of ether oxygens (including phenoxy) is 1. The van der Waals surface area contributed by atoms with Gasteiger partial charge in [-0.2, -0.15) is 0 Å². The minimum atomic E-state index is -0.151. The molecule has 5 nitrogen and oxygen atoms in total. The Balaban J connectivity index is 1.69. The first-order chi connectivity index (χ1) is 10.7. The van der Waals surface area contributed by atoms with Crippen LogP contribution in [0.5, 0.6) is 5.75 Å². The fourth-order valence-electron chi connectivity index (χ4n) is 2.44. The molecule has 0 aliphatic heterocycles. The first kappa shape index (κ1) is 16.3. The minimum absolute atomic E-state index is 0.00907. The van der Waals surface area contributed by atoms with Crippen molar-refractivity contribution in [3.63, 3.8) is 0 Å². The summed E-state index contributed by atoms with van der Waals surface area (Å²) in [5, 5.41) is 5.75. The number of nitrogens with one attached hydrogen (secondary N) is 2. The predicted molar refractivity (Wildman–Crippen MR) is 84.6 cm³/mol. The van der Waals surface area contributed by atoms with Gasteiger partial charge in [-0.1, -0.05) is 19.1 Å². The second-order valence-electron chi connectivity index (χ2n) is 5.63. The first-order valence-electron chi connectivity index (χ1n) is 7.84. The highest BCUT2D eigenvalue weighted by Gasteiger charge is 2.47. The van der Waals surface area contributed by atoms with E-state index in [1.807, 2.05) is 31.2 Å². The maximum Gasteiger partial charge on any atom is 0.223 e. The average molecular weight is 304 g/mol. The van der Waals surface area contributed by atoms with Gasteiger partial charge in [0.2, 0.25) is 11.8 Å². The van der Waals surface area contributed by atoms with Gasteiger partial charge in [0.25, 0.3) is 0 Å². The maximum atomic E-state index is 12.0. The number of methoxy groups -OCH3 is 1. The second-order valence-corrected chi connectivity index (χ2v) is 5.63. The van der Waals surface area contributed by atoms with Crippen LogP contribution in [0.4, 0.5) is 0 Å². The van der Waals surface area contributed by atoms with Gasteiger partial charge >= 0.3 is 0 Å². The minimum Gasteiger partial charge on any atom is -0.497 e. The lowest BCUT2D eigenvalue weighted by Gasteiger charge is -2.07. The zero-order chi connectivity index (χ0) is 15.9. The van der Waals surface area contributed by atoms with Gasteiger partial charge in [-0.25, -0.2) is 0 Å².